The fraction of sp³-hybridized carbons (Fsp3) is 0.818. The summed E-state index contributed by atoms with van der Waals surface area (Å²) in [6, 6.07) is 0. The summed E-state index contributed by atoms with van der Waals surface area (Å²) in [4.78, 5) is 33.1. The van der Waals surface area contributed by atoms with Gasteiger partial charge < -0.3 is 9.80 Å². The van der Waals surface area contributed by atoms with Gasteiger partial charge in [-0.1, -0.05) is 31.9 Å². The van der Waals surface area contributed by atoms with Crippen LogP contribution in [0.1, 0.15) is 41.0 Å². The van der Waals surface area contributed by atoms with Gasteiger partial charge in [0.15, 0.2) is 0 Å². The number of hydrogen-bond acceptors (Lipinski definition) is 4. The Morgan fingerprint density at radius 2 is 1.37 bits per heavy atom. The molecular formula is C22H35N3O2. The van der Waals surface area contributed by atoms with Gasteiger partial charge in [0, 0.05) is 43.6 Å². The molecule has 0 radical (unpaired) electrons. The SMILES string of the molecule is CC1=C(C)[C@]2(C)C3C(=O)N(CCCN4CCN(C)CC4)C(=O)C3[C@@]1(C)C2C. The molecule has 2 aliphatic heterocycles. The summed E-state index contributed by atoms with van der Waals surface area (Å²) in [7, 11) is 2.16. The summed E-state index contributed by atoms with van der Waals surface area (Å²) >= 11 is 0. The Balaban J connectivity index is 1.47. The molecule has 3 unspecified atom stereocenters. The van der Waals surface area contributed by atoms with Gasteiger partial charge in [-0.05, 0) is 39.8 Å². The molecule has 0 aromatic carbocycles. The number of carbonyl (C=O) groups excluding carboxylic acids is 2. The molecule has 2 heterocycles. The maximum atomic E-state index is 13.3. The Morgan fingerprint density at radius 1 is 0.889 bits per heavy atom. The van der Waals surface area contributed by atoms with Crippen LogP contribution in [0.3, 0.4) is 0 Å². The highest BCUT2D eigenvalue weighted by molar-refractivity contribution is 6.07. The number of fused-ring (bicyclic) bond motifs is 5. The van der Waals surface area contributed by atoms with E-state index in [0.717, 1.165) is 39.1 Å². The van der Waals surface area contributed by atoms with E-state index in [4.69, 9.17) is 0 Å². The monoisotopic (exact) mass is 373 g/mol. The molecule has 4 aliphatic rings. The lowest BCUT2D eigenvalue weighted by Crippen LogP contribution is -2.45. The second kappa shape index (κ2) is 6.15. The van der Waals surface area contributed by atoms with E-state index in [9.17, 15) is 9.59 Å². The average molecular weight is 374 g/mol. The maximum Gasteiger partial charge on any atom is 0.234 e. The third kappa shape index (κ3) is 2.30. The van der Waals surface area contributed by atoms with Crippen LogP contribution in [0.5, 0.6) is 0 Å². The zero-order chi connectivity index (χ0) is 19.7. The number of piperazine rings is 1. The van der Waals surface area contributed by atoms with E-state index >= 15 is 0 Å². The summed E-state index contributed by atoms with van der Waals surface area (Å²) in [6.45, 7) is 17.0. The van der Waals surface area contributed by atoms with Crippen LogP contribution in [-0.2, 0) is 9.59 Å². The van der Waals surface area contributed by atoms with E-state index in [0.29, 0.717) is 12.5 Å². The van der Waals surface area contributed by atoms with Gasteiger partial charge in [0.05, 0.1) is 11.8 Å². The molecule has 2 aliphatic carbocycles. The molecule has 27 heavy (non-hydrogen) atoms. The highest BCUT2D eigenvalue weighted by atomic mass is 16.2. The lowest BCUT2D eigenvalue weighted by molar-refractivity contribution is -0.142. The first kappa shape index (κ1) is 19.1. The molecule has 5 atom stereocenters. The second-order valence-corrected chi connectivity index (χ2v) is 9.82. The van der Waals surface area contributed by atoms with E-state index in [2.05, 4.69) is 51.5 Å². The second-order valence-electron chi connectivity index (χ2n) is 9.82. The van der Waals surface area contributed by atoms with E-state index < -0.39 is 0 Å². The third-order valence-corrected chi connectivity index (χ3v) is 9.12. The Hall–Kier alpha value is -1.20. The summed E-state index contributed by atoms with van der Waals surface area (Å²) < 4.78 is 0. The van der Waals surface area contributed by atoms with Crippen molar-refractivity contribution in [3.05, 3.63) is 11.1 Å². The summed E-state index contributed by atoms with van der Waals surface area (Å²) in [6.07, 6.45) is 0.884. The predicted molar refractivity (Wildman–Crippen MR) is 106 cm³/mol. The standard InChI is InChI=1S/C22H35N3O2/c1-14-15(2)22(5)16(3)21(14,4)17-18(22)20(27)25(19(17)26)9-7-8-24-12-10-23(6)11-13-24/h16-18H,7-13H2,1-6H3/t16?,17?,18?,21-,22+. The molecule has 150 valence electrons. The van der Waals surface area contributed by atoms with Crippen LogP contribution in [0.15, 0.2) is 11.1 Å². The van der Waals surface area contributed by atoms with Crippen molar-refractivity contribution in [2.75, 3.05) is 46.3 Å². The van der Waals surface area contributed by atoms with Crippen LogP contribution in [0.4, 0.5) is 0 Å². The zero-order valence-electron chi connectivity index (χ0n) is 17.8. The Bertz CT molecular complexity index is 664. The van der Waals surface area contributed by atoms with Crippen LogP contribution in [-0.4, -0.2) is 72.8 Å². The van der Waals surface area contributed by atoms with E-state index in [1.54, 1.807) is 4.90 Å². The van der Waals surface area contributed by atoms with Crippen molar-refractivity contribution >= 4 is 11.8 Å². The van der Waals surface area contributed by atoms with Gasteiger partial charge in [0.2, 0.25) is 11.8 Å². The lowest BCUT2D eigenvalue weighted by atomic mass is 9.66. The molecule has 0 aromatic heterocycles. The normalized spacial score (nSPS) is 42.6. The first-order valence-electron chi connectivity index (χ1n) is 10.6. The number of nitrogens with zero attached hydrogens (tertiary/aromatic N) is 3. The predicted octanol–water partition coefficient (Wildman–Crippen LogP) is 2.24. The van der Waals surface area contributed by atoms with Gasteiger partial charge in [0.1, 0.15) is 0 Å². The minimum absolute atomic E-state index is 0.0910. The molecule has 5 nitrogen and oxygen atoms in total. The van der Waals surface area contributed by atoms with Gasteiger partial charge in [-0.3, -0.25) is 14.5 Å². The van der Waals surface area contributed by atoms with Crippen LogP contribution >= 0.6 is 0 Å². The van der Waals surface area contributed by atoms with Crippen molar-refractivity contribution in [3.8, 4) is 0 Å². The van der Waals surface area contributed by atoms with Gasteiger partial charge in [-0.15, -0.1) is 0 Å². The molecule has 2 saturated heterocycles. The lowest BCUT2D eigenvalue weighted by Gasteiger charge is -2.34. The average Bonchev–Trinajstić information content (AvgIpc) is 3.05. The fourth-order valence-electron chi connectivity index (χ4n) is 6.76. The molecular weight excluding hydrogens is 338 g/mol. The molecule has 4 rings (SSSR count). The number of hydrogen-bond donors (Lipinski definition) is 0. The highest BCUT2D eigenvalue weighted by Crippen LogP contribution is 2.74. The Kier molecular flexibility index (Phi) is 4.36. The number of allylic oxidation sites excluding steroid dienone is 2. The number of imide groups is 1. The Morgan fingerprint density at radius 3 is 1.85 bits per heavy atom. The van der Waals surface area contributed by atoms with Crippen molar-refractivity contribution in [1.29, 1.82) is 0 Å². The van der Waals surface area contributed by atoms with Gasteiger partial charge in [-0.25, -0.2) is 0 Å². The molecule has 2 amide bonds. The maximum absolute atomic E-state index is 13.3. The minimum Gasteiger partial charge on any atom is -0.304 e. The molecule has 5 heteroatoms. The zero-order valence-corrected chi connectivity index (χ0v) is 17.8. The van der Waals surface area contributed by atoms with Crippen LogP contribution in [0.2, 0.25) is 0 Å². The first-order valence-corrected chi connectivity index (χ1v) is 10.6. The van der Waals surface area contributed by atoms with Gasteiger partial charge in [0.25, 0.3) is 0 Å². The third-order valence-electron chi connectivity index (χ3n) is 9.12. The van der Waals surface area contributed by atoms with Gasteiger partial charge >= 0.3 is 0 Å². The van der Waals surface area contributed by atoms with E-state index in [-0.39, 0.29) is 34.5 Å². The van der Waals surface area contributed by atoms with Crippen molar-refractivity contribution in [2.45, 2.75) is 41.0 Å². The number of amides is 2. The minimum atomic E-state index is -0.164. The highest BCUT2D eigenvalue weighted by Gasteiger charge is 2.75. The molecule has 2 bridgehead atoms. The van der Waals surface area contributed by atoms with Crippen LogP contribution in [0.25, 0.3) is 0 Å². The number of carbonyl (C=O) groups is 2. The molecule has 0 N–H and O–H groups in total. The van der Waals surface area contributed by atoms with Crippen molar-refractivity contribution in [2.24, 2.45) is 28.6 Å². The summed E-state index contributed by atoms with van der Waals surface area (Å²) in [5.74, 6) is 0.219. The van der Waals surface area contributed by atoms with Gasteiger partial charge in [-0.2, -0.15) is 0 Å². The van der Waals surface area contributed by atoms with Crippen molar-refractivity contribution in [3.63, 3.8) is 0 Å². The summed E-state index contributed by atoms with van der Waals surface area (Å²) in [5.41, 5.74) is 2.36. The first-order chi connectivity index (χ1) is 12.6. The molecule has 0 aromatic rings. The number of likely N-dealkylation sites (tertiary alicyclic amines) is 1. The van der Waals surface area contributed by atoms with Crippen molar-refractivity contribution < 1.29 is 9.59 Å². The largest absolute Gasteiger partial charge is 0.304 e. The van der Waals surface area contributed by atoms with E-state index in [1.165, 1.54) is 11.1 Å². The molecule has 0 spiro atoms. The number of likely N-dealkylation sites (N-methyl/N-ethyl adjacent to an activating group) is 1. The fourth-order valence-corrected chi connectivity index (χ4v) is 6.76. The number of rotatable bonds is 4. The van der Waals surface area contributed by atoms with Crippen LogP contribution < -0.4 is 0 Å². The van der Waals surface area contributed by atoms with E-state index in [1.807, 2.05) is 0 Å². The van der Waals surface area contributed by atoms with Crippen molar-refractivity contribution in [1.82, 2.24) is 14.7 Å². The smallest absolute Gasteiger partial charge is 0.234 e. The summed E-state index contributed by atoms with van der Waals surface area (Å²) in [5, 5.41) is 0. The molecule has 3 fully saturated rings. The van der Waals surface area contributed by atoms with Crippen LogP contribution in [0, 0.1) is 28.6 Å². The molecule has 1 saturated carbocycles. The Labute approximate surface area is 163 Å². The topological polar surface area (TPSA) is 43.9 Å². The quantitative estimate of drug-likeness (QED) is 0.560.